The lowest BCUT2D eigenvalue weighted by Crippen LogP contribution is -1.78. The predicted octanol–water partition coefficient (Wildman–Crippen LogP) is 5.82. The van der Waals surface area contributed by atoms with Crippen molar-refractivity contribution in [3.63, 3.8) is 0 Å². The average Bonchev–Trinajstić information content (AvgIpc) is 2.31. The summed E-state index contributed by atoms with van der Waals surface area (Å²) in [7, 11) is 0. The fraction of sp³-hybridized carbons (Fsp3) is 0.625. The summed E-state index contributed by atoms with van der Waals surface area (Å²) in [6, 6.07) is 0. The minimum Gasteiger partial charge on any atom is -0.0877 e. The first-order valence-corrected chi connectivity index (χ1v) is 6.86. The molecule has 0 fully saturated rings. The first kappa shape index (κ1) is 15.2. The Morgan fingerprint density at radius 1 is 0.688 bits per heavy atom. The largest absolute Gasteiger partial charge is 0.0877 e. The van der Waals surface area contributed by atoms with Crippen molar-refractivity contribution < 1.29 is 0 Å². The van der Waals surface area contributed by atoms with E-state index < -0.39 is 0 Å². The van der Waals surface area contributed by atoms with Crippen molar-refractivity contribution in [1.82, 2.24) is 0 Å². The van der Waals surface area contributed by atoms with E-state index in [0.29, 0.717) is 0 Å². The van der Waals surface area contributed by atoms with Crippen molar-refractivity contribution in [3.05, 3.63) is 36.5 Å². The van der Waals surface area contributed by atoms with Gasteiger partial charge in [0, 0.05) is 0 Å². The first-order valence-electron chi connectivity index (χ1n) is 6.86. The topological polar surface area (TPSA) is 0 Å². The molecule has 0 nitrogen and oxygen atoms in total. The van der Waals surface area contributed by atoms with Crippen LogP contribution in [0.5, 0.6) is 0 Å². The van der Waals surface area contributed by atoms with Crippen molar-refractivity contribution in [1.29, 1.82) is 0 Å². The lowest BCUT2D eigenvalue weighted by molar-refractivity contribution is 0.592. The van der Waals surface area contributed by atoms with Crippen molar-refractivity contribution in [2.75, 3.05) is 0 Å². The smallest absolute Gasteiger partial charge is 0.0348 e. The van der Waals surface area contributed by atoms with Gasteiger partial charge in [-0.15, -0.1) is 0 Å². The summed E-state index contributed by atoms with van der Waals surface area (Å²) in [5.41, 5.74) is 0. The van der Waals surface area contributed by atoms with Gasteiger partial charge in [-0.3, -0.25) is 0 Å². The molecule has 0 heterocycles. The monoisotopic (exact) mass is 220 g/mol. The number of rotatable bonds is 10. The van der Waals surface area contributed by atoms with E-state index in [1.54, 1.807) is 0 Å². The minimum atomic E-state index is 1.23. The zero-order valence-corrected chi connectivity index (χ0v) is 11.1. The first-order chi connectivity index (χ1) is 7.91. The van der Waals surface area contributed by atoms with E-state index in [2.05, 4.69) is 37.3 Å². The molecule has 0 bridgehead atoms. The van der Waals surface area contributed by atoms with E-state index in [0.717, 1.165) is 0 Å². The Morgan fingerprint density at radius 2 is 1.31 bits per heavy atom. The molecule has 0 amide bonds. The van der Waals surface area contributed by atoms with Crippen LogP contribution in [-0.4, -0.2) is 0 Å². The highest BCUT2D eigenvalue weighted by Gasteiger charge is 1.88. The standard InChI is InChI=1S/C16H28/c1-3-5-7-9-11-13-15-16-14-12-10-8-6-4-2/h3,5,7,9,11,13H,4,6,8,10,12,14-16H2,1-2H3/b5-3-,9-7+,13-11+. The maximum atomic E-state index is 2.27. The number of unbranched alkanes of at least 4 members (excludes halogenated alkanes) is 7. The molecule has 0 saturated carbocycles. The second-order valence-electron chi connectivity index (χ2n) is 4.25. The van der Waals surface area contributed by atoms with E-state index in [9.17, 15) is 0 Å². The third-order valence-electron chi connectivity index (χ3n) is 2.64. The van der Waals surface area contributed by atoms with Gasteiger partial charge in [0.05, 0.1) is 0 Å². The van der Waals surface area contributed by atoms with Gasteiger partial charge in [-0.1, -0.05) is 81.9 Å². The van der Waals surface area contributed by atoms with Gasteiger partial charge in [-0.2, -0.15) is 0 Å². The van der Waals surface area contributed by atoms with Gasteiger partial charge in [-0.05, 0) is 19.8 Å². The SMILES string of the molecule is C\C=C/C=C/C=C/CCCCCCCCC. The third kappa shape index (κ3) is 13.2. The number of hydrogen-bond acceptors (Lipinski definition) is 0. The molecule has 16 heavy (non-hydrogen) atoms. The van der Waals surface area contributed by atoms with Crippen LogP contribution in [-0.2, 0) is 0 Å². The Morgan fingerprint density at radius 3 is 2.00 bits per heavy atom. The van der Waals surface area contributed by atoms with Crippen LogP contribution in [0.15, 0.2) is 36.5 Å². The van der Waals surface area contributed by atoms with E-state index in [4.69, 9.17) is 0 Å². The van der Waals surface area contributed by atoms with Crippen molar-refractivity contribution in [2.24, 2.45) is 0 Å². The van der Waals surface area contributed by atoms with Crippen molar-refractivity contribution in [3.8, 4) is 0 Å². The highest BCUT2D eigenvalue weighted by molar-refractivity contribution is 5.10. The highest BCUT2D eigenvalue weighted by Crippen LogP contribution is 2.08. The molecule has 0 saturated heterocycles. The summed E-state index contributed by atoms with van der Waals surface area (Å²) in [4.78, 5) is 0. The minimum absolute atomic E-state index is 1.23. The zero-order valence-electron chi connectivity index (χ0n) is 11.1. The maximum absolute atomic E-state index is 2.27. The van der Waals surface area contributed by atoms with Crippen LogP contribution in [0.4, 0.5) is 0 Å². The maximum Gasteiger partial charge on any atom is -0.0348 e. The molecule has 92 valence electrons. The van der Waals surface area contributed by atoms with Gasteiger partial charge in [0.1, 0.15) is 0 Å². The molecule has 0 aromatic rings. The van der Waals surface area contributed by atoms with Crippen LogP contribution in [0.2, 0.25) is 0 Å². The molecule has 0 unspecified atom stereocenters. The van der Waals surface area contributed by atoms with Crippen molar-refractivity contribution in [2.45, 2.75) is 65.2 Å². The van der Waals surface area contributed by atoms with Crippen LogP contribution in [0.1, 0.15) is 65.2 Å². The number of hydrogen-bond donors (Lipinski definition) is 0. The average molecular weight is 220 g/mol. The molecular weight excluding hydrogens is 192 g/mol. The van der Waals surface area contributed by atoms with Gasteiger partial charge < -0.3 is 0 Å². The summed E-state index contributed by atoms with van der Waals surface area (Å²) in [5, 5.41) is 0. The van der Waals surface area contributed by atoms with Crippen molar-refractivity contribution >= 4 is 0 Å². The molecule has 0 aliphatic carbocycles. The zero-order chi connectivity index (χ0) is 11.9. The molecule has 0 aromatic heterocycles. The van der Waals surface area contributed by atoms with Crippen LogP contribution in [0.3, 0.4) is 0 Å². The predicted molar refractivity (Wildman–Crippen MR) is 75.7 cm³/mol. The Balaban J connectivity index is 3.14. The summed E-state index contributed by atoms with van der Waals surface area (Å²) in [6.45, 7) is 4.30. The fourth-order valence-corrected chi connectivity index (χ4v) is 1.63. The Bertz CT molecular complexity index is 196. The Hall–Kier alpha value is -0.780. The number of allylic oxidation sites excluding steroid dienone is 6. The van der Waals surface area contributed by atoms with E-state index >= 15 is 0 Å². The van der Waals surface area contributed by atoms with E-state index in [1.165, 1.54) is 51.4 Å². The van der Waals surface area contributed by atoms with Gasteiger partial charge in [0.2, 0.25) is 0 Å². The van der Waals surface area contributed by atoms with Gasteiger partial charge >= 0.3 is 0 Å². The summed E-state index contributed by atoms with van der Waals surface area (Å²) < 4.78 is 0. The molecule has 0 aromatic carbocycles. The van der Waals surface area contributed by atoms with Crippen LogP contribution >= 0.6 is 0 Å². The molecule has 0 spiro atoms. The molecule has 0 radical (unpaired) electrons. The lowest BCUT2D eigenvalue weighted by Gasteiger charge is -1.98. The van der Waals surface area contributed by atoms with Crippen LogP contribution in [0.25, 0.3) is 0 Å². The second kappa shape index (κ2) is 14.2. The highest BCUT2D eigenvalue weighted by atomic mass is 13.9. The molecule has 0 rings (SSSR count). The van der Waals surface area contributed by atoms with E-state index in [-0.39, 0.29) is 0 Å². The van der Waals surface area contributed by atoms with Gasteiger partial charge in [-0.25, -0.2) is 0 Å². The fourth-order valence-electron chi connectivity index (χ4n) is 1.63. The van der Waals surface area contributed by atoms with Crippen LogP contribution < -0.4 is 0 Å². The third-order valence-corrected chi connectivity index (χ3v) is 2.64. The summed E-state index contributed by atoms with van der Waals surface area (Å²) in [6.07, 6.45) is 23.7. The second-order valence-corrected chi connectivity index (χ2v) is 4.25. The Labute approximate surface area is 102 Å². The molecule has 0 aliphatic heterocycles. The van der Waals surface area contributed by atoms with Crippen LogP contribution in [0, 0.1) is 0 Å². The molecular formula is C16H28. The van der Waals surface area contributed by atoms with E-state index in [1.807, 2.05) is 13.0 Å². The normalized spacial score (nSPS) is 12.4. The lowest BCUT2D eigenvalue weighted by atomic mass is 10.1. The summed E-state index contributed by atoms with van der Waals surface area (Å²) >= 11 is 0. The molecule has 0 atom stereocenters. The van der Waals surface area contributed by atoms with Gasteiger partial charge in [0.25, 0.3) is 0 Å². The Kier molecular flexibility index (Phi) is 13.5. The quantitative estimate of drug-likeness (QED) is 0.321. The molecule has 0 N–H and O–H groups in total. The summed E-state index contributed by atoms with van der Waals surface area (Å²) in [5.74, 6) is 0. The van der Waals surface area contributed by atoms with Gasteiger partial charge in [0.15, 0.2) is 0 Å². The molecule has 0 aliphatic rings. The molecule has 0 heteroatoms.